The molecule has 0 saturated heterocycles. The Balaban J connectivity index is 2.40. The van der Waals surface area contributed by atoms with Gasteiger partial charge in [-0.25, -0.2) is 0 Å². The van der Waals surface area contributed by atoms with Gasteiger partial charge in [0.2, 0.25) is 0 Å². The van der Waals surface area contributed by atoms with Gasteiger partial charge in [0.05, 0.1) is 11.9 Å². The number of para-hydroxylation sites is 1. The van der Waals surface area contributed by atoms with Gasteiger partial charge >= 0.3 is 0 Å². The van der Waals surface area contributed by atoms with E-state index in [9.17, 15) is 0 Å². The van der Waals surface area contributed by atoms with E-state index in [1.54, 1.807) is 12.3 Å². The van der Waals surface area contributed by atoms with Crippen LogP contribution in [0.25, 0.3) is 0 Å². The molecule has 0 amide bonds. The van der Waals surface area contributed by atoms with Gasteiger partial charge in [-0.15, -0.1) is 0 Å². The van der Waals surface area contributed by atoms with Crippen LogP contribution in [0.2, 0.25) is 0 Å². The van der Waals surface area contributed by atoms with Crippen molar-refractivity contribution in [3.63, 3.8) is 0 Å². The number of allylic oxidation sites excluding steroid dienone is 3. The highest BCUT2D eigenvalue weighted by molar-refractivity contribution is 9.09. The van der Waals surface area contributed by atoms with Crippen molar-refractivity contribution in [3.8, 4) is 0 Å². The van der Waals surface area contributed by atoms with Gasteiger partial charge in [-0.1, -0.05) is 59.6 Å². The molecule has 0 unspecified atom stereocenters. The van der Waals surface area contributed by atoms with Crippen molar-refractivity contribution in [1.29, 1.82) is 0 Å². The van der Waals surface area contributed by atoms with Crippen molar-refractivity contribution >= 4 is 34.0 Å². The standard InChI is InChI=1S/C19H26BrN3/c1-3-18(13-16-21-15-10-5-4-9-14-20)17-22-23(2)19-11-7-6-8-12-19/h3,6-8,11-13,16-17H,1,4-5,9-10,14-15H2,2H3/b18-13+,21-16?,22-17+. The lowest BCUT2D eigenvalue weighted by molar-refractivity contribution is 0.681. The lowest BCUT2D eigenvalue weighted by Gasteiger charge is -2.12. The summed E-state index contributed by atoms with van der Waals surface area (Å²) >= 11 is 3.44. The van der Waals surface area contributed by atoms with Crippen molar-refractivity contribution in [3.05, 3.63) is 54.6 Å². The first-order valence-corrected chi connectivity index (χ1v) is 9.11. The largest absolute Gasteiger partial charge is 0.293 e. The summed E-state index contributed by atoms with van der Waals surface area (Å²) in [5.41, 5.74) is 1.99. The normalized spacial score (nSPS) is 12.2. The fourth-order valence-electron chi connectivity index (χ4n) is 1.89. The second-order valence-corrected chi connectivity index (χ2v) is 5.93. The Kier molecular flexibility index (Phi) is 10.8. The van der Waals surface area contributed by atoms with Crippen LogP contribution in [0.5, 0.6) is 0 Å². The minimum absolute atomic E-state index is 0.879. The molecule has 0 N–H and O–H groups in total. The molecule has 0 aliphatic rings. The number of hydrogen-bond donors (Lipinski definition) is 0. The van der Waals surface area contributed by atoms with E-state index in [1.165, 1.54) is 19.3 Å². The summed E-state index contributed by atoms with van der Waals surface area (Å²) in [6.45, 7) is 4.70. The van der Waals surface area contributed by atoms with Crippen LogP contribution in [0.15, 0.2) is 64.7 Å². The predicted molar refractivity (Wildman–Crippen MR) is 107 cm³/mol. The first-order valence-electron chi connectivity index (χ1n) is 7.99. The Morgan fingerprint density at radius 1 is 1.17 bits per heavy atom. The molecule has 0 aliphatic carbocycles. The number of hydrogen-bond acceptors (Lipinski definition) is 3. The molecule has 0 radical (unpaired) electrons. The molecule has 1 aromatic carbocycles. The van der Waals surface area contributed by atoms with Crippen molar-refractivity contribution in [1.82, 2.24) is 0 Å². The summed E-state index contributed by atoms with van der Waals surface area (Å²) in [4.78, 5) is 4.41. The third-order valence-electron chi connectivity index (χ3n) is 3.29. The zero-order valence-electron chi connectivity index (χ0n) is 13.9. The summed E-state index contributed by atoms with van der Waals surface area (Å²) in [5.74, 6) is 0. The van der Waals surface area contributed by atoms with Crippen molar-refractivity contribution in [2.75, 3.05) is 23.9 Å². The molecule has 0 heterocycles. The van der Waals surface area contributed by atoms with Crippen LogP contribution in [0.4, 0.5) is 5.69 Å². The molecular formula is C19H26BrN3. The van der Waals surface area contributed by atoms with Gasteiger partial charge in [-0.3, -0.25) is 10.0 Å². The smallest absolute Gasteiger partial charge is 0.0590 e. The zero-order valence-corrected chi connectivity index (χ0v) is 15.5. The Morgan fingerprint density at radius 2 is 1.91 bits per heavy atom. The number of benzene rings is 1. The third kappa shape index (κ3) is 9.14. The second kappa shape index (κ2) is 12.8. The number of halogens is 1. The second-order valence-electron chi connectivity index (χ2n) is 5.13. The average molecular weight is 376 g/mol. The number of aliphatic imine (C=N–C) groups is 1. The molecular weight excluding hydrogens is 350 g/mol. The molecule has 1 rings (SSSR count). The lowest BCUT2D eigenvalue weighted by atomic mass is 10.2. The van der Waals surface area contributed by atoms with E-state index in [4.69, 9.17) is 0 Å². The van der Waals surface area contributed by atoms with Crippen LogP contribution >= 0.6 is 15.9 Å². The fraction of sp³-hybridized carbons (Fsp3) is 0.368. The summed E-state index contributed by atoms with van der Waals surface area (Å²) in [5, 5.41) is 7.34. The zero-order chi connectivity index (χ0) is 16.8. The molecule has 3 nitrogen and oxygen atoms in total. The summed E-state index contributed by atoms with van der Waals surface area (Å²) in [6, 6.07) is 10.0. The van der Waals surface area contributed by atoms with Crippen molar-refractivity contribution in [2.24, 2.45) is 10.1 Å². The van der Waals surface area contributed by atoms with Crippen LogP contribution in [0.1, 0.15) is 25.7 Å². The Hall–Kier alpha value is -1.68. The van der Waals surface area contributed by atoms with Crippen LogP contribution in [0, 0.1) is 0 Å². The maximum atomic E-state index is 4.42. The van der Waals surface area contributed by atoms with Gasteiger partial charge in [-0.2, -0.15) is 5.10 Å². The molecule has 4 heteroatoms. The van der Waals surface area contributed by atoms with E-state index in [-0.39, 0.29) is 0 Å². The molecule has 0 atom stereocenters. The number of unbranched alkanes of at least 4 members (excludes halogenated alkanes) is 3. The minimum atomic E-state index is 0.879. The van der Waals surface area contributed by atoms with Crippen LogP contribution < -0.4 is 5.01 Å². The molecule has 1 aromatic rings. The number of nitrogens with zero attached hydrogens (tertiary/aromatic N) is 3. The highest BCUT2D eigenvalue weighted by Gasteiger charge is 1.95. The molecule has 0 fully saturated rings. The van der Waals surface area contributed by atoms with Gasteiger partial charge in [-0.05, 0) is 36.6 Å². The maximum absolute atomic E-state index is 4.42. The van der Waals surface area contributed by atoms with Crippen LogP contribution in [-0.2, 0) is 0 Å². The van der Waals surface area contributed by atoms with E-state index < -0.39 is 0 Å². The van der Waals surface area contributed by atoms with E-state index >= 15 is 0 Å². The van der Waals surface area contributed by atoms with Crippen molar-refractivity contribution < 1.29 is 0 Å². The van der Waals surface area contributed by atoms with Crippen molar-refractivity contribution in [2.45, 2.75) is 25.7 Å². The Morgan fingerprint density at radius 3 is 2.61 bits per heavy atom. The van der Waals surface area contributed by atoms with Gasteiger partial charge in [0, 0.05) is 25.1 Å². The number of anilines is 1. The fourth-order valence-corrected chi connectivity index (χ4v) is 2.29. The average Bonchev–Trinajstić information content (AvgIpc) is 2.60. The van der Waals surface area contributed by atoms with Crippen LogP contribution in [-0.4, -0.2) is 31.4 Å². The number of alkyl halides is 1. The topological polar surface area (TPSA) is 28.0 Å². The molecule has 0 saturated carbocycles. The minimum Gasteiger partial charge on any atom is -0.293 e. The first-order chi connectivity index (χ1) is 11.3. The van der Waals surface area contributed by atoms with Crippen LogP contribution in [0.3, 0.4) is 0 Å². The maximum Gasteiger partial charge on any atom is 0.0590 e. The van der Waals surface area contributed by atoms with Gasteiger partial charge in [0.25, 0.3) is 0 Å². The number of rotatable bonds is 11. The molecule has 124 valence electrons. The number of hydrazone groups is 1. The quantitative estimate of drug-likeness (QED) is 0.170. The predicted octanol–water partition coefficient (Wildman–Crippen LogP) is 5.25. The van der Waals surface area contributed by atoms with Gasteiger partial charge < -0.3 is 0 Å². The monoisotopic (exact) mass is 375 g/mol. The summed E-state index contributed by atoms with van der Waals surface area (Å²) < 4.78 is 0. The lowest BCUT2D eigenvalue weighted by Crippen LogP contribution is -2.08. The highest BCUT2D eigenvalue weighted by Crippen LogP contribution is 2.10. The Bertz CT molecular complexity index is 521. The van der Waals surface area contributed by atoms with E-state index in [0.717, 1.165) is 29.6 Å². The Labute approximate surface area is 148 Å². The third-order valence-corrected chi connectivity index (χ3v) is 3.85. The molecule has 0 spiro atoms. The summed E-state index contributed by atoms with van der Waals surface area (Å²) in [6.07, 6.45) is 12.3. The van der Waals surface area contributed by atoms with E-state index in [0.29, 0.717) is 0 Å². The highest BCUT2D eigenvalue weighted by atomic mass is 79.9. The molecule has 0 bridgehead atoms. The van der Waals surface area contributed by atoms with E-state index in [2.05, 4.69) is 32.6 Å². The van der Waals surface area contributed by atoms with Gasteiger partial charge in [0.15, 0.2) is 0 Å². The molecule has 23 heavy (non-hydrogen) atoms. The molecule has 0 aliphatic heterocycles. The summed E-state index contributed by atoms with van der Waals surface area (Å²) in [7, 11) is 1.92. The van der Waals surface area contributed by atoms with E-state index in [1.807, 2.05) is 54.7 Å². The first kappa shape index (κ1) is 19.4. The van der Waals surface area contributed by atoms with Gasteiger partial charge in [0.1, 0.15) is 0 Å². The SMILES string of the molecule is C=CC(/C=N/N(C)c1ccccc1)=C\C=NCCCCCCBr. The molecule has 0 aromatic heterocycles.